The molecular weight excluding hydrogens is 246 g/mol. The predicted octanol–water partition coefficient (Wildman–Crippen LogP) is 1.01. The van der Waals surface area contributed by atoms with Gasteiger partial charge < -0.3 is 14.6 Å². The van der Waals surface area contributed by atoms with Crippen LogP contribution in [0.15, 0.2) is 24.5 Å². The van der Waals surface area contributed by atoms with E-state index in [0.717, 1.165) is 11.0 Å². The second-order valence-electron chi connectivity index (χ2n) is 4.77. The molecule has 1 aromatic heterocycles. The Labute approximate surface area is 109 Å². The Morgan fingerprint density at radius 3 is 2.95 bits per heavy atom. The van der Waals surface area contributed by atoms with Crippen LogP contribution in [0.3, 0.4) is 0 Å². The molecule has 1 aliphatic rings. The van der Waals surface area contributed by atoms with Crippen molar-refractivity contribution in [3.05, 3.63) is 24.5 Å². The predicted molar refractivity (Wildman–Crippen MR) is 68.8 cm³/mol. The highest BCUT2D eigenvalue weighted by molar-refractivity contribution is 6.00. The molecule has 1 aliphatic heterocycles. The molecule has 3 rings (SSSR count). The van der Waals surface area contributed by atoms with Gasteiger partial charge in [0, 0.05) is 25.7 Å². The van der Waals surface area contributed by atoms with Crippen molar-refractivity contribution < 1.29 is 14.7 Å². The van der Waals surface area contributed by atoms with Gasteiger partial charge in [0.25, 0.3) is 0 Å². The fourth-order valence-electron chi connectivity index (χ4n) is 2.41. The summed E-state index contributed by atoms with van der Waals surface area (Å²) in [7, 11) is 1.90. The van der Waals surface area contributed by atoms with Crippen molar-refractivity contribution >= 4 is 28.6 Å². The van der Waals surface area contributed by atoms with Gasteiger partial charge in [-0.25, -0.2) is 4.98 Å². The Morgan fingerprint density at radius 2 is 2.26 bits per heavy atom. The van der Waals surface area contributed by atoms with Crippen molar-refractivity contribution in [2.45, 2.75) is 6.42 Å². The number of carboxylic acid groups (broad SMARTS) is 1. The molecule has 1 atom stereocenters. The number of imidazole rings is 1. The van der Waals surface area contributed by atoms with Crippen LogP contribution in [-0.2, 0) is 16.6 Å². The van der Waals surface area contributed by atoms with Crippen LogP contribution in [-0.4, -0.2) is 33.1 Å². The third-order valence-corrected chi connectivity index (χ3v) is 3.49. The Hall–Kier alpha value is -2.37. The molecule has 6 nitrogen and oxygen atoms in total. The van der Waals surface area contributed by atoms with E-state index in [4.69, 9.17) is 5.11 Å². The molecule has 6 heteroatoms. The first-order valence-electron chi connectivity index (χ1n) is 6.00. The average Bonchev–Trinajstić information content (AvgIpc) is 2.93. The summed E-state index contributed by atoms with van der Waals surface area (Å²) in [5.74, 6) is -1.69. The van der Waals surface area contributed by atoms with Gasteiger partial charge >= 0.3 is 5.97 Å². The molecule has 2 aromatic rings. The van der Waals surface area contributed by atoms with Gasteiger partial charge in [0.05, 0.1) is 23.3 Å². The molecule has 0 bridgehead atoms. The van der Waals surface area contributed by atoms with E-state index < -0.39 is 11.9 Å². The summed E-state index contributed by atoms with van der Waals surface area (Å²) in [5, 5.41) is 8.98. The Balaban J connectivity index is 1.96. The lowest BCUT2D eigenvalue weighted by atomic mass is 10.1. The third kappa shape index (κ3) is 1.85. The first-order valence-corrected chi connectivity index (χ1v) is 6.00. The number of anilines is 1. The van der Waals surface area contributed by atoms with Crippen molar-refractivity contribution in [2.24, 2.45) is 13.0 Å². The fourth-order valence-corrected chi connectivity index (χ4v) is 2.41. The van der Waals surface area contributed by atoms with Crippen molar-refractivity contribution in [2.75, 3.05) is 11.4 Å². The molecule has 19 heavy (non-hydrogen) atoms. The topological polar surface area (TPSA) is 75.4 Å². The van der Waals surface area contributed by atoms with Crippen LogP contribution in [0.1, 0.15) is 6.42 Å². The molecule has 0 aliphatic carbocycles. The Morgan fingerprint density at radius 1 is 1.47 bits per heavy atom. The van der Waals surface area contributed by atoms with Crippen LogP contribution in [0.2, 0.25) is 0 Å². The number of carbonyl (C=O) groups excluding carboxylic acids is 1. The van der Waals surface area contributed by atoms with Gasteiger partial charge in [0.1, 0.15) is 0 Å². The number of hydrogen-bond donors (Lipinski definition) is 1. The van der Waals surface area contributed by atoms with Gasteiger partial charge in [-0.3, -0.25) is 9.59 Å². The molecule has 98 valence electrons. The highest BCUT2D eigenvalue weighted by atomic mass is 16.4. The van der Waals surface area contributed by atoms with E-state index in [9.17, 15) is 9.59 Å². The van der Waals surface area contributed by atoms with Crippen LogP contribution in [0.4, 0.5) is 5.69 Å². The zero-order valence-electron chi connectivity index (χ0n) is 10.4. The number of rotatable bonds is 2. The summed E-state index contributed by atoms with van der Waals surface area (Å²) in [6, 6.07) is 5.53. The lowest BCUT2D eigenvalue weighted by molar-refractivity contribution is -0.141. The molecule has 1 saturated heterocycles. The van der Waals surface area contributed by atoms with Gasteiger partial charge in [0.15, 0.2) is 0 Å². The standard InChI is InChI=1S/C13H13N3O3/c1-15-7-14-10-5-9(2-3-11(10)15)16-6-8(13(18)19)4-12(16)17/h2-3,5,7-8H,4,6H2,1H3,(H,18,19). The molecule has 0 saturated carbocycles. The summed E-state index contributed by atoms with van der Waals surface area (Å²) >= 11 is 0. The summed E-state index contributed by atoms with van der Waals surface area (Å²) < 4.78 is 1.89. The van der Waals surface area contributed by atoms with E-state index in [0.29, 0.717) is 5.69 Å². The van der Waals surface area contributed by atoms with E-state index in [1.54, 1.807) is 6.33 Å². The zero-order chi connectivity index (χ0) is 13.6. The molecule has 1 N–H and O–H groups in total. The van der Waals surface area contributed by atoms with Gasteiger partial charge in [-0.05, 0) is 18.2 Å². The maximum Gasteiger partial charge on any atom is 0.308 e. The summed E-state index contributed by atoms with van der Waals surface area (Å²) in [5.41, 5.74) is 2.48. The van der Waals surface area contributed by atoms with E-state index in [2.05, 4.69) is 4.98 Å². The minimum Gasteiger partial charge on any atom is -0.481 e. The van der Waals surface area contributed by atoms with Crippen molar-refractivity contribution in [3.8, 4) is 0 Å². The van der Waals surface area contributed by atoms with E-state index in [1.165, 1.54) is 4.90 Å². The van der Waals surface area contributed by atoms with E-state index >= 15 is 0 Å². The van der Waals surface area contributed by atoms with Gasteiger partial charge in [-0.1, -0.05) is 0 Å². The fraction of sp³-hybridized carbons (Fsp3) is 0.308. The molecule has 1 aromatic carbocycles. The number of hydrogen-bond acceptors (Lipinski definition) is 3. The van der Waals surface area contributed by atoms with Crippen molar-refractivity contribution in [3.63, 3.8) is 0 Å². The van der Waals surface area contributed by atoms with Crippen molar-refractivity contribution in [1.82, 2.24) is 9.55 Å². The van der Waals surface area contributed by atoms with Gasteiger partial charge in [-0.15, -0.1) is 0 Å². The minimum atomic E-state index is -0.922. The minimum absolute atomic E-state index is 0.0651. The van der Waals surface area contributed by atoms with Gasteiger partial charge in [-0.2, -0.15) is 0 Å². The first kappa shape index (κ1) is 11.7. The lowest BCUT2D eigenvalue weighted by Crippen LogP contribution is -2.25. The summed E-state index contributed by atoms with van der Waals surface area (Å²) in [6.45, 7) is 0.229. The second-order valence-corrected chi connectivity index (χ2v) is 4.77. The molecule has 1 unspecified atom stereocenters. The highest BCUT2D eigenvalue weighted by Crippen LogP contribution is 2.27. The quantitative estimate of drug-likeness (QED) is 0.873. The van der Waals surface area contributed by atoms with E-state index in [1.807, 2.05) is 29.8 Å². The maximum absolute atomic E-state index is 11.9. The molecular formula is C13H13N3O3. The number of nitrogens with zero attached hydrogens (tertiary/aromatic N) is 3. The van der Waals surface area contributed by atoms with E-state index in [-0.39, 0.29) is 18.9 Å². The largest absolute Gasteiger partial charge is 0.481 e. The number of fused-ring (bicyclic) bond motifs is 1. The number of benzene rings is 1. The maximum atomic E-state index is 11.9. The summed E-state index contributed by atoms with van der Waals surface area (Å²) in [4.78, 5) is 28.6. The SMILES string of the molecule is Cn1cnc2cc(N3CC(C(=O)O)CC3=O)ccc21. The highest BCUT2D eigenvalue weighted by Gasteiger charge is 2.35. The first-order chi connectivity index (χ1) is 9.06. The number of amides is 1. The number of carbonyl (C=O) groups is 2. The second kappa shape index (κ2) is 4.08. The van der Waals surface area contributed by atoms with Crippen LogP contribution in [0.5, 0.6) is 0 Å². The summed E-state index contributed by atoms with van der Waals surface area (Å²) in [6.07, 6.45) is 1.77. The zero-order valence-corrected chi connectivity index (χ0v) is 10.4. The monoisotopic (exact) mass is 259 g/mol. The van der Waals surface area contributed by atoms with Crippen LogP contribution >= 0.6 is 0 Å². The average molecular weight is 259 g/mol. The Bertz CT molecular complexity index is 677. The smallest absolute Gasteiger partial charge is 0.308 e. The molecule has 0 spiro atoms. The third-order valence-electron chi connectivity index (χ3n) is 3.49. The number of aryl methyl sites for hydroxylation is 1. The molecule has 1 fully saturated rings. The van der Waals surface area contributed by atoms with Crippen LogP contribution in [0, 0.1) is 5.92 Å². The lowest BCUT2D eigenvalue weighted by Gasteiger charge is -2.16. The Kier molecular flexibility index (Phi) is 2.51. The van der Waals surface area contributed by atoms with Gasteiger partial charge in [0.2, 0.25) is 5.91 Å². The number of carboxylic acids is 1. The number of aromatic nitrogens is 2. The molecule has 0 radical (unpaired) electrons. The van der Waals surface area contributed by atoms with Crippen molar-refractivity contribution in [1.29, 1.82) is 0 Å². The van der Waals surface area contributed by atoms with Crippen LogP contribution in [0.25, 0.3) is 11.0 Å². The molecule has 1 amide bonds. The molecule has 2 heterocycles. The van der Waals surface area contributed by atoms with Crippen LogP contribution < -0.4 is 4.90 Å². The normalized spacial score (nSPS) is 19.3. The number of aliphatic carboxylic acids is 1.